The molecule has 0 spiro atoms. The van der Waals surface area contributed by atoms with Crippen LogP contribution in [0.1, 0.15) is 18.9 Å². The van der Waals surface area contributed by atoms with E-state index in [2.05, 4.69) is 10.6 Å². The summed E-state index contributed by atoms with van der Waals surface area (Å²) in [5, 5.41) is 6.23. The van der Waals surface area contributed by atoms with E-state index in [9.17, 15) is 9.59 Å². The Kier molecular flexibility index (Phi) is 8.74. The molecule has 134 valence electrons. The number of carbonyl (C=O) groups excluding carboxylic acids is 2. The van der Waals surface area contributed by atoms with Crippen LogP contribution in [0.5, 0.6) is 0 Å². The van der Waals surface area contributed by atoms with E-state index in [1.165, 1.54) is 0 Å². The fourth-order valence-corrected chi connectivity index (χ4v) is 2.66. The molecule has 0 aromatic heterocycles. The number of halogens is 1. The van der Waals surface area contributed by atoms with Crippen LogP contribution in [0, 0.1) is 5.92 Å². The van der Waals surface area contributed by atoms with Crippen molar-refractivity contribution >= 4 is 29.9 Å². The molecule has 2 rings (SSSR count). The lowest BCUT2D eigenvalue weighted by Crippen LogP contribution is -2.31. The Balaban J connectivity index is 0.00000288. The number of nitrogens with zero attached hydrogens (tertiary/aromatic N) is 1. The summed E-state index contributed by atoms with van der Waals surface area (Å²) in [6.07, 6.45) is 0.269. The lowest BCUT2D eigenvalue weighted by molar-refractivity contribution is -0.128. The smallest absolute Gasteiger partial charge is 0.229 e. The van der Waals surface area contributed by atoms with Crippen molar-refractivity contribution < 1.29 is 14.3 Å². The number of para-hydroxylation sites is 1. The quantitative estimate of drug-likeness (QED) is 0.744. The van der Waals surface area contributed by atoms with Gasteiger partial charge in [0.1, 0.15) is 0 Å². The molecule has 0 aliphatic carbocycles. The fourth-order valence-electron chi connectivity index (χ4n) is 2.66. The van der Waals surface area contributed by atoms with Crippen molar-refractivity contribution in [1.82, 2.24) is 10.2 Å². The van der Waals surface area contributed by atoms with E-state index in [0.717, 1.165) is 17.8 Å². The molecule has 0 bridgehead atoms. The first-order valence-corrected chi connectivity index (χ1v) is 8.02. The van der Waals surface area contributed by atoms with Crippen LogP contribution in [0.15, 0.2) is 24.3 Å². The largest absolute Gasteiger partial charge is 0.383 e. The van der Waals surface area contributed by atoms with E-state index in [-0.39, 0.29) is 36.6 Å². The lowest BCUT2D eigenvalue weighted by Gasteiger charge is -2.16. The highest BCUT2D eigenvalue weighted by atomic mass is 35.5. The molecule has 1 aromatic rings. The molecule has 2 N–H and O–H groups in total. The highest BCUT2D eigenvalue weighted by Gasteiger charge is 2.34. The molecule has 1 aliphatic rings. The minimum absolute atomic E-state index is 0. The molecular weight excluding hydrogens is 330 g/mol. The number of ether oxygens (including phenoxy) is 1. The second-order valence-electron chi connectivity index (χ2n) is 5.66. The summed E-state index contributed by atoms with van der Waals surface area (Å²) in [5.41, 5.74) is 1.85. The molecule has 6 nitrogen and oxygen atoms in total. The average Bonchev–Trinajstić information content (AvgIpc) is 2.93. The highest BCUT2D eigenvalue weighted by molar-refractivity contribution is 5.97. The number of anilines is 1. The van der Waals surface area contributed by atoms with Crippen molar-refractivity contribution in [3.63, 3.8) is 0 Å². The second-order valence-corrected chi connectivity index (χ2v) is 5.66. The highest BCUT2D eigenvalue weighted by Crippen LogP contribution is 2.21. The molecule has 1 fully saturated rings. The third-order valence-corrected chi connectivity index (χ3v) is 3.99. The zero-order chi connectivity index (χ0) is 16.7. The van der Waals surface area contributed by atoms with Gasteiger partial charge in [-0.3, -0.25) is 9.59 Å². The number of likely N-dealkylation sites (tertiary alicyclic amines) is 1. The minimum Gasteiger partial charge on any atom is -0.383 e. The standard InChI is InChI=1S/C17H25N3O3.ClH/c1-3-18-11-13-6-4-5-7-15(13)19-17(22)14-10-16(21)20(12-14)8-9-23-2;/h4-7,14,18H,3,8-12H2,1-2H3,(H,19,22);1H. The van der Waals surface area contributed by atoms with E-state index >= 15 is 0 Å². The van der Waals surface area contributed by atoms with Gasteiger partial charge in [-0.2, -0.15) is 0 Å². The van der Waals surface area contributed by atoms with Crippen LogP contribution in [0.2, 0.25) is 0 Å². The van der Waals surface area contributed by atoms with Crippen molar-refractivity contribution in [2.75, 3.05) is 38.7 Å². The van der Waals surface area contributed by atoms with Gasteiger partial charge in [-0.1, -0.05) is 25.1 Å². The van der Waals surface area contributed by atoms with E-state index in [4.69, 9.17) is 4.74 Å². The van der Waals surface area contributed by atoms with E-state index < -0.39 is 0 Å². The third kappa shape index (κ3) is 5.47. The molecule has 2 amide bonds. The number of hydrogen-bond acceptors (Lipinski definition) is 4. The monoisotopic (exact) mass is 355 g/mol. The van der Waals surface area contributed by atoms with Crippen LogP contribution < -0.4 is 10.6 Å². The van der Waals surface area contributed by atoms with Crippen molar-refractivity contribution in [3.05, 3.63) is 29.8 Å². The molecule has 24 heavy (non-hydrogen) atoms. The predicted octanol–water partition coefficient (Wildman–Crippen LogP) is 1.65. The normalized spacial score (nSPS) is 16.8. The first kappa shape index (κ1) is 20.4. The maximum absolute atomic E-state index is 12.5. The van der Waals surface area contributed by atoms with Gasteiger partial charge < -0.3 is 20.3 Å². The van der Waals surface area contributed by atoms with Gasteiger partial charge in [-0.25, -0.2) is 0 Å². The van der Waals surface area contributed by atoms with Gasteiger partial charge in [0.05, 0.1) is 12.5 Å². The summed E-state index contributed by atoms with van der Waals surface area (Å²) in [7, 11) is 1.60. The van der Waals surface area contributed by atoms with E-state index in [0.29, 0.717) is 26.2 Å². The van der Waals surface area contributed by atoms with Crippen LogP contribution in [0.3, 0.4) is 0 Å². The van der Waals surface area contributed by atoms with Gasteiger partial charge in [0.2, 0.25) is 11.8 Å². The maximum atomic E-state index is 12.5. The summed E-state index contributed by atoms with van der Waals surface area (Å²) in [4.78, 5) is 26.1. The second kappa shape index (κ2) is 10.3. The molecule has 1 heterocycles. The van der Waals surface area contributed by atoms with Gasteiger partial charge >= 0.3 is 0 Å². The van der Waals surface area contributed by atoms with Crippen LogP contribution in [-0.4, -0.2) is 50.1 Å². The van der Waals surface area contributed by atoms with Crippen molar-refractivity contribution in [1.29, 1.82) is 0 Å². The fraction of sp³-hybridized carbons (Fsp3) is 0.529. The molecule has 1 saturated heterocycles. The maximum Gasteiger partial charge on any atom is 0.229 e. The van der Waals surface area contributed by atoms with Crippen molar-refractivity contribution in [2.24, 2.45) is 5.92 Å². The van der Waals surface area contributed by atoms with Gasteiger partial charge in [0.25, 0.3) is 0 Å². The average molecular weight is 356 g/mol. The number of rotatable bonds is 8. The predicted molar refractivity (Wildman–Crippen MR) is 96.3 cm³/mol. The van der Waals surface area contributed by atoms with Crippen molar-refractivity contribution in [2.45, 2.75) is 19.9 Å². The Morgan fingerprint density at radius 1 is 1.38 bits per heavy atom. The Morgan fingerprint density at radius 2 is 2.12 bits per heavy atom. The molecule has 1 atom stereocenters. The third-order valence-electron chi connectivity index (χ3n) is 3.99. The Morgan fingerprint density at radius 3 is 2.83 bits per heavy atom. The van der Waals surface area contributed by atoms with E-state index in [1.807, 2.05) is 31.2 Å². The Bertz CT molecular complexity index is 554. The summed E-state index contributed by atoms with van der Waals surface area (Å²) in [5.74, 6) is -0.378. The zero-order valence-electron chi connectivity index (χ0n) is 14.2. The number of hydrogen-bond donors (Lipinski definition) is 2. The molecule has 1 aromatic carbocycles. The summed E-state index contributed by atoms with van der Waals surface area (Å²) >= 11 is 0. The van der Waals surface area contributed by atoms with Gasteiger partial charge in [0.15, 0.2) is 0 Å². The molecular formula is C17H26ClN3O3. The number of nitrogens with one attached hydrogen (secondary N) is 2. The van der Waals surface area contributed by atoms with Crippen LogP contribution >= 0.6 is 12.4 Å². The Labute approximate surface area is 149 Å². The summed E-state index contributed by atoms with van der Waals surface area (Å²) in [6, 6.07) is 7.73. The van der Waals surface area contributed by atoms with Crippen LogP contribution in [-0.2, 0) is 20.9 Å². The lowest BCUT2D eigenvalue weighted by atomic mass is 10.1. The molecule has 1 unspecified atom stereocenters. The first-order valence-electron chi connectivity index (χ1n) is 8.02. The molecule has 0 radical (unpaired) electrons. The van der Waals surface area contributed by atoms with Gasteiger partial charge in [-0.05, 0) is 18.2 Å². The molecule has 7 heteroatoms. The SMILES string of the molecule is CCNCc1ccccc1NC(=O)C1CC(=O)N(CCOC)C1.Cl. The van der Waals surface area contributed by atoms with Crippen LogP contribution in [0.4, 0.5) is 5.69 Å². The molecule has 1 aliphatic heterocycles. The zero-order valence-corrected chi connectivity index (χ0v) is 15.0. The van der Waals surface area contributed by atoms with E-state index in [1.54, 1.807) is 12.0 Å². The number of amides is 2. The Hall–Kier alpha value is -1.63. The minimum atomic E-state index is -0.299. The van der Waals surface area contributed by atoms with Crippen LogP contribution in [0.25, 0.3) is 0 Å². The topological polar surface area (TPSA) is 70.7 Å². The van der Waals surface area contributed by atoms with Gasteiger partial charge in [0, 0.05) is 38.9 Å². The number of carbonyl (C=O) groups is 2. The number of methoxy groups -OCH3 is 1. The van der Waals surface area contributed by atoms with Gasteiger partial charge in [-0.15, -0.1) is 12.4 Å². The summed E-state index contributed by atoms with van der Waals surface area (Å²) in [6.45, 7) is 5.11. The first-order chi connectivity index (χ1) is 11.2. The molecule has 0 saturated carbocycles. The number of benzene rings is 1. The summed E-state index contributed by atoms with van der Waals surface area (Å²) < 4.78 is 5.00. The van der Waals surface area contributed by atoms with Crippen molar-refractivity contribution in [3.8, 4) is 0 Å².